The maximum absolute atomic E-state index is 12.3. The van der Waals surface area contributed by atoms with Gasteiger partial charge in [0.25, 0.3) is 5.91 Å². The van der Waals surface area contributed by atoms with Crippen LogP contribution in [0.2, 0.25) is 5.02 Å². The summed E-state index contributed by atoms with van der Waals surface area (Å²) in [6, 6.07) is 6.94. The van der Waals surface area contributed by atoms with Crippen molar-refractivity contribution >= 4 is 23.5 Å². The van der Waals surface area contributed by atoms with Crippen LogP contribution in [-0.4, -0.2) is 50.0 Å². The Labute approximate surface area is 132 Å². The third-order valence-corrected chi connectivity index (χ3v) is 3.13. The van der Waals surface area contributed by atoms with Crippen molar-refractivity contribution in [3.63, 3.8) is 0 Å². The van der Waals surface area contributed by atoms with Crippen LogP contribution in [0.4, 0.5) is 0 Å². The third-order valence-electron chi connectivity index (χ3n) is 2.89. The van der Waals surface area contributed by atoms with Gasteiger partial charge in [-0.3, -0.25) is 9.59 Å². The fourth-order valence-electron chi connectivity index (χ4n) is 1.95. The van der Waals surface area contributed by atoms with E-state index in [1.54, 1.807) is 24.3 Å². The molecule has 0 aliphatic heterocycles. The van der Waals surface area contributed by atoms with E-state index in [1.807, 2.05) is 6.92 Å². The SMILES string of the molecule is CCCN(CC(=O)O)C(=O)c1cn(-c2cccc(Cl)c2)nn1. The summed E-state index contributed by atoms with van der Waals surface area (Å²) in [5.74, 6) is -1.53. The average molecular weight is 323 g/mol. The minimum Gasteiger partial charge on any atom is -0.480 e. The van der Waals surface area contributed by atoms with Gasteiger partial charge in [0.05, 0.1) is 11.9 Å². The van der Waals surface area contributed by atoms with E-state index in [-0.39, 0.29) is 12.2 Å². The number of nitrogens with zero attached hydrogens (tertiary/aromatic N) is 4. The molecule has 1 amide bonds. The molecule has 0 spiro atoms. The molecule has 0 saturated carbocycles. The predicted molar refractivity (Wildman–Crippen MR) is 80.2 cm³/mol. The van der Waals surface area contributed by atoms with Gasteiger partial charge in [-0.15, -0.1) is 5.10 Å². The zero-order valence-corrected chi connectivity index (χ0v) is 12.7. The number of amides is 1. The van der Waals surface area contributed by atoms with Gasteiger partial charge in [-0.1, -0.05) is 29.8 Å². The number of benzene rings is 1. The highest BCUT2D eigenvalue weighted by Crippen LogP contribution is 2.14. The lowest BCUT2D eigenvalue weighted by Gasteiger charge is -2.18. The second-order valence-corrected chi connectivity index (χ2v) is 5.09. The van der Waals surface area contributed by atoms with E-state index in [4.69, 9.17) is 16.7 Å². The molecule has 2 aromatic rings. The number of carboxylic acids is 1. The molecule has 0 saturated heterocycles. The fraction of sp³-hybridized carbons (Fsp3) is 0.286. The quantitative estimate of drug-likeness (QED) is 0.877. The van der Waals surface area contributed by atoms with Crippen molar-refractivity contribution in [3.8, 4) is 5.69 Å². The Balaban J connectivity index is 2.22. The summed E-state index contributed by atoms with van der Waals surface area (Å²) < 4.78 is 1.42. The summed E-state index contributed by atoms with van der Waals surface area (Å²) in [7, 11) is 0. The molecule has 7 nitrogen and oxygen atoms in total. The molecule has 0 bridgehead atoms. The average Bonchev–Trinajstić information content (AvgIpc) is 2.95. The van der Waals surface area contributed by atoms with Crippen LogP contribution in [0, 0.1) is 0 Å². The first-order valence-corrected chi connectivity index (χ1v) is 7.08. The van der Waals surface area contributed by atoms with Crippen molar-refractivity contribution in [2.45, 2.75) is 13.3 Å². The van der Waals surface area contributed by atoms with E-state index in [1.165, 1.54) is 15.8 Å². The number of hydrogen-bond acceptors (Lipinski definition) is 4. The van der Waals surface area contributed by atoms with Crippen molar-refractivity contribution in [1.82, 2.24) is 19.9 Å². The van der Waals surface area contributed by atoms with Gasteiger partial charge >= 0.3 is 5.97 Å². The van der Waals surface area contributed by atoms with Gasteiger partial charge in [0.15, 0.2) is 5.69 Å². The molecular formula is C14H15ClN4O3. The van der Waals surface area contributed by atoms with E-state index in [0.29, 0.717) is 23.7 Å². The Morgan fingerprint density at radius 3 is 2.82 bits per heavy atom. The third kappa shape index (κ3) is 3.82. The molecule has 8 heteroatoms. The minimum absolute atomic E-state index is 0.0923. The molecule has 0 atom stereocenters. The Morgan fingerprint density at radius 2 is 2.18 bits per heavy atom. The molecule has 2 rings (SSSR count). The van der Waals surface area contributed by atoms with Gasteiger partial charge in [-0.25, -0.2) is 4.68 Å². The van der Waals surface area contributed by atoms with Crippen molar-refractivity contribution in [3.05, 3.63) is 41.2 Å². The highest BCUT2D eigenvalue weighted by atomic mass is 35.5. The number of hydrogen-bond donors (Lipinski definition) is 1. The monoisotopic (exact) mass is 322 g/mol. The summed E-state index contributed by atoms with van der Waals surface area (Å²) >= 11 is 5.91. The van der Waals surface area contributed by atoms with Crippen LogP contribution >= 0.6 is 11.6 Å². The molecular weight excluding hydrogens is 308 g/mol. The minimum atomic E-state index is -1.07. The molecule has 1 N–H and O–H groups in total. The van der Waals surface area contributed by atoms with Gasteiger partial charge in [-0.05, 0) is 24.6 Å². The van der Waals surface area contributed by atoms with Crippen LogP contribution in [0.5, 0.6) is 0 Å². The van der Waals surface area contributed by atoms with E-state index in [2.05, 4.69) is 10.3 Å². The normalized spacial score (nSPS) is 10.5. The van der Waals surface area contributed by atoms with Crippen LogP contribution in [0.25, 0.3) is 5.69 Å². The van der Waals surface area contributed by atoms with E-state index in [9.17, 15) is 9.59 Å². The fourth-order valence-corrected chi connectivity index (χ4v) is 2.14. The summed E-state index contributed by atoms with van der Waals surface area (Å²) in [6.45, 7) is 1.84. The number of aromatic nitrogens is 3. The van der Waals surface area contributed by atoms with Crippen LogP contribution in [0.15, 0.2) is 30.5 Å². The number of halogens is 1. The summed E-state index contributed by atoms with van der Waals surface area (Å²) in [4.78, 5) is 24.4. The largest absolute Gasteiger partial charge is 0.480 e. The second-order valence-electron chi connectivity index (χ2n) is 4.65. The van der Waals surface area contributed by atoms with Crippen LogP contribution < -0.4 is 0 Å². The Bertz CT molecular complexity index is 686. The van der Waals surface area contributed by atoms with Crippen molar-refractivity contribution in [2.24, 2.45) is 0 Å². The van der Waals surface area contributed by atoms with Gasteiger partial charge < -0.3 is 10.0 Å². The van der Waals surface area contributed by atoms with Crippen LogP contribution in [0.1, 0.15) is 23.8 Å². The highest BCUT2D eigenvalue weighted by molar-refractivity contribution is 6.30. The lowest BCUT2D eigenvalue weighted by molar-refractivity contribution is -0.137. The first-order valence-electron chi connectivity index (χ1n) is 6.70. The molecule has 0 fully saturated rings. The Kier molecular flexibility index (Phi) is 5.11. The first kappa shape index (κ1) is 16.0. The van der Waals surface area contributed by atoms with Crippen molar-refractivity contribution in [1.29, 1.82) is 0 Å². The maximum atomic E-state index is 12.3. The van der Waals surface area contributed by atoms with E-state index < -0.39 is 11.9 Å². The van der Waals surface area contributed by atoms with Gasteiger partial charge in [0.1, 0.15) is 6.54 Å². The predicted octanol–water partition coefficient (Wildman–Crippen LogP) is 1.86. The lowest BCUT2D eigenvalue weighted by Crippen LogP contribution is -2.36. The Hall–Kier alpha value is -2.41. The van der Waals surface area contributed by atoms with Crippen LogP contribution in [-0.2, 0) is 4.79 Å². The first-order chi connectivity index (χ1) is 10.5. The topological polar surface area (TPSA) is 88.3 Å². The van der Waals surface area contributed by atoms with E-state index in [0.717, 1.165) is 0 Å². The molecule has 1 aromatic carbocycles. The summed E-state index contributed by atoms with van der Waals surface area (Å²) in [5.41, 5.74) is 0.758. The maximum Gasteiger partial charge on any atom is 0.323 e. The van der Waals surface area contributed by atoms with Crippen molar-refractivity contribution < 1.29 is 14.7 Å². The second kappa shape index (κ2) is 7.04. The molecule has 0 radical (unpaired) electrons. The molecule has 22 heavy (non-hydrogen) atoms. The zero-order chi connectivity index (χ0) is 16.1. The number of rotatable bonds is 6. The number of carbonyl (C=O) groups is 2. The molecule has 1 heterocycles. The summed E-state index contributed by atoms with van der Waals surface area (Å²) in [5, 5.41) is 17.1. The van der Waals surface area contributed by atoms with Gasteiger partial charge in [-0.2, -0.15) is 0 Å². The van der Waals surface area contributed by atoms with Crippen LogP contribution in [0.3, 0.4) is 0 Å². The molecule has 0 aliphatic rings. The van der Waals surface area contributed by atoms with Gasteiger partial charge in [0, 0.05) is 11.6 Å². The Morgan fingerprint density at radius 1 is 1.41 bits per heavy atom. The highest BCUT2D eigenvalue weighted by Gasteiger charge is 2.21. The standard InChI is InChI=1S/C14H15ClN4O3/c1-2-6-18(9-13(20)21)14(22)12-8-19(17-16-12)11-5-3-4-10(15)7-11/h3-5,7-8H,2,6,9H2,1H3,(H,20,21). The lowest BCUT2D eigenvalue weighted by atomic mass is 10.3. The summed E-state index contributed by atoms with van der Waals surface area (Å²) in [6.07, 6.45) is 2.11. The number of aliphatic carboxylic acids is 1. The van der Waals surface area contributed by atoms with Crippen molar-refractivity contribution in [2.75, 3.05) is 13.1 Å². The molecule has 0 aliphatic carbocycles. The molecule has 1 aromatic heterocycles. The smallest absolute Gasteiger partial charge is 0.323 e. The molecule has 0 unspecified atom stereocenters. The number of carboxylic acid groups (broad SMARTS) is 1. The number of carbonyl (C=O) groups excluding carboxylic acids is 1. The zero-order valence-electron chi connectivity index (χ0n) is 11.9. The van der Waals surface area contributed by atoms with Gasteiger partial charge in [0.2, 0.25) is 0 Å². The van der Waals surface area contributed by atoms with E-state index >= 15 is 0 Å². The molecule has 116 valence electrons.